The molecule has 0 N–H and O–H groups in total. The minimum Gasteiger partial charge on any atom is -0.490 e. The average Bonchev–Trinajstić information content (AvgIpc) is 2.81. The van der Waals surface area contributed by atoms with Crippen molar-refractivity contribution in [1.29, 1.82) is 0 Å². The second-order valence-electron chi connectivity index (χ2n) is 6.29. The van der Waals surface area contributed by atoms with E-state index in [9.17, 15) is 14.9 Å². The number of rotatable bonds is 2. The summed E-state index contributed by atoms with van der Waals surface area (Å²) in [5.41, 5.74) is 1.68. The van der Waals surface area contributed by atoms with E-state index in [-0.39, 0.29) is 11.4 Å². The van der Waals surface area contributed by atoms with Gasteiger partial charge in [0.2, 0.25) is 0 Å². The molecule has 0 aliphatic carbocycles. The number of benzene rings is 1. The summed E-state index contributed by atoms with van der Waals surface area (Å²) in [7, 11) is 1.41. The maximum atomic E-state index is 12.2. The highest BCUT2D eigenvalue weighted by molar-refractivity contribution is 5.70. The number of hydrogen-bond acceptors (Lipinski definition) is 5. The summed E-state index contributed by atoms with van der Waals surface area (Å²) in [6.45, 7) is 7.83. The largest absolute Gasteiger partial charge is 0.490 e. The summed E-state index contributed by atoms with van der Waals surface area (Å²) >= 11 is 0. The lowest BCUT2D eigenvalue weighted by molar-refractivity contribution is -0.385. The minimum atomic E-state index is -0.579. The van der Waals surface area contributed by atoms with Gasteiger partial charge in [-0.1, -0.05) is 0 Å². The molecule has 1 amide bonds. The summed E-state index contributed by atoms with van der Waals surface area (Å²) in [4.78, 5) is 24.4. The van der Waals surface area contributed by atoms with E-state index in [0.29, 0.717) is 18.7 Å². The number of amides is 1. The second-order valence-corrected chi connectivity index (χ2v) is 6.29. The number of nitro benzene ring substituents is 1. The van der Waals surface area contributed by atoms with Crippen molar-refractivity contribution in [2.45, 2.75) is 46.4 Å². The molecule has 0 unspecified atom stereocenters. The summed E-state index contributed by atoms with van der Waals surface area (Å²) in [5.74, 6) is 0.245. The fourth-order valence-corrected chi connectivity index (χ4v) is 2.55. The van der Waals surface area contributed by atoms with Crippen LogP contribution in [0.1, 0.15) is 37.5 Å². The Morgan fingerprint density at radius 3 is 2.50 bits per heavy atom. The Hall–Kier alpha value is -2.31. The van der Waals surface area contributed by atoms with Crippen molar-refractivity contribution in [3.8, 4) is 5.75 Å². The molecular weight excluding hydrogens is 288 g/mol. The first-order valence-electron chi connectivity index (χ1n) is 6.95. The topological polar surface area (TPSA) is 81.9 Å². The Kier molecular flexibility index (Phi) is 4.00. The van der Waals surface area contributed by atoms with Gasteiger partial charge in [-0.25, -0.2) is 4.79 Å². The van der Waals surface area contributed by atoms with Crippen LogP contribution >= 0.6 is 0 Å². The molecule has 2 rings (SSSR count). The number of hydrogen-bond donors (Lipinski definition) is 0. The standard InChI is InChI=1S/C15H20N2O5/c1-9-11-8-16(14(18)22-15(2,3)4)7-10(11)6-12(17(19)20)13(9)21-5/h6H,7-8H2,1-5H3. The van der Waals surface area contributed by atoms with Crippen molar-refractivity contribution >= 4 is 11.8 Å². The number of nitro groups is 1. The maximum absolute atomic E-state index is 12.2. The number of methoxy groups -OCH3 is 1. The third kappa shape index (κ3) is 2.98. The lowest BCUT2D eigenvalue weighted by atomic mass is 10.0. The zero-order chi connectivity index (χ0) is 16.7. The van der Waals surface area contributed by atoms with E-state index in [4.69, 9.17) is 9.47 Å². The van der Waals surface area contributed by atoms with Crippen molar-refractivity contribution in [3.63, 3.8) is 0 Å². The quantitative estimate of drug-likeness (QED) is 0.619. The van der Waals surface area contributed by atoms with Crippen LogP contribution in [0.3, 0.4) is 0 Å². The van der Waals surface area contributed by atoms with Gasteiger partial charge in [-0.05, 0) is 38.8 Å². The van der Waals surface area contributed by atoms with E-state index >= 15 is 0 Å². The number of carbonyl (C=O) groups is 1. The van der Waals surface area contributed by atoms with Gasteiger partial charge < -0.3 is 9.47 Å². The molecule has 0 bridgehead atoms. The zero-order valence-corrected chi connectivity index (χ0v) is 13.4. The first-order chi connectivity index (χ1) is 10.1. The van der Waals surface area contributed by atoms with Crippen LogP contribution in [0.4, 0.5) is 10.5 Å². The molecule has 1 heterocycles. The Labute approximate surface area is 129 Å². The van der Waals surface area contributed by atoms with Gasteiger partial charge in [0, 0.05) is 18.2 Å². The van der Waals surface area contributed by atoms with E-state index in [1.807, 2.05) is 0 Å². The van der Waals surface area contributed by atoms with Crippen molar-refractivity contribution < 1.29 is 19.2 Å². The molecule has 0 radical (unpaired) electrons. The van der Waals surface area contributed by atoms with Gasteiger partial charge in [-0.15, -0.1) is 0 Å². The summed E-state index contributed by atoms with van der Waals surface area (Å²) in [6, 6.07) is 1.48. The Balaban J connectivity index is 2.33. The van der Waals surface area contributed by atoms with E-state index in [2.05, 4.69) is 0 Å². The number of fused-ring (bicyclic) bond motifs is 1. The van der Waals surface area contributed by atoms with E-state index in [1.54, 1.807) is 27.7 Å². The first kappa shape index (κ1) is 16.1. The molecule has 7 heteroatoms. The summed E-state index contributed by atoms with van der Waals surface area (Å²) in [5, 5.41) is 11.2. The minimum absolute atomic E-state index is 0.0789. The van der Waals surface area contributed by atoms with Crippen LogP contribution in [0.25, 0.3) is 0 Å². The van der Waals surface area contributed by atoms with Gasteiger partial charge in [-0.2, -0.15) is 0 Å². The van der Waals surface area contributed by atoms with Gasteiger partial charge in [-0.3, -0.25) is 15.0 Å². The molecule has 1 aromatic rings. The monoisotopic (exact) mass is 308 g/mol. The fourth-order valence-electron chi connectivity index (χ4n) is 2.55. The molecule has 0 saturated heterocycles. The highest BCUT2D eigenvalue weighted by atomic mass is 16.6. The van der Waals surface area contributed by atoms with Gasteiger partial charge in [0.1, 0.15) is 5.60 Å². The average molecular weight is 308 g/mol. The van der Waals surface area contributed by atoms with E-state index in [1.165, 1.54) is 18.1 Å². The molecule has 1 aliphatic heterocycles. The molecule has 120 valence electrons. The third-order valence-electron chi connectivity index (χ3n) is 3.49. The van der Waals surface area contributed by atoms with Gasteiger partial charge >= 0.3 is 11.8 Å². The molecule has 22 heavy (non-hydrogen) atoms. The van der Waals surface area contributed by atoms with Crippen molar-refractivity contribution in [3.05, 3.63) is 32.9 Å². The van der Waals surface area contributed by atoms with E-state index < -0.39 is 16.6 Å². The lowest BCUT2D eigenvalue weighted by Gasteiger charge is -2.24. The van der Waals surface area contributed by atoms with Crippen LogP contribution in [-0.2, 0) is 17.8 Å². The highest BCUT2D eigenvalue weighted by Crippen LogP contribution is 2.39. The van der Waals surface area contributed by atoms with Crippen LogP contribution in [0.15, 0.2) is 6.07 Å². The van der Waals surface area contributed by atoms with Crippen LogP contribution in [0.2, 0.25) is 0 Å². The second kappa shape index (κ2) is 5.47. The normalized spacial score (nSPS) is 13.8. The summed E-state index contributed by atoms with van der Waals surface area (Å²) < 4.78 is 10.5. The molecule has 0 atom stereocenters. The molecule has 0 saturated carbocycles. The van der Waals surface area contributed by atoms with Crippen molar-refractivity contribution in [2.24, 2.45) is 0 Å². The van der Waals surface area contributed by atoms with Crippen LogP contribution in [-0.4, -0.2) is 28.6 Å². The predicted molar refractivity (Wildman–Crippen MR) is 79.9 cm³/mol. The van der Waals surface area contributed by atoms with Crippen LogP contribution in [0, 0.1) is 17.0 Å². The van der Waals surface area contributed by atoms with Crippen molar-refractivity contribution in [2.75, 3.05) is 7.11 Å². The zero-order valence-electron chi connectivity index (χ0n) is 13.4. The van der Waals surface area contributed by atoms with Crippen LogP contribution in [0.5, 0.6) is 5.75 Å². The molecule has 7 nitrogen and oxygen atoms in total. The number of nitrogens with zero attached hydrogens (tertiary/aromatic N) is 2. The number of carbonyl (C=O) groups excluding carboxylic acids is 1. The molecule has 0 spiro atoms. The molecule has 1 aliphatic rings. The number of ether oxygens (including phenoxy) is 2. The highest BCUT2D eigenvalue weighted by Gasteiger charge is 2.32. The van der Waals surface area contributed by atoms with Gasteiger partial charge in [0.25, 0.3) is 0 Å². The van der Waals surface area contributed by atoms with Crippen LogP contribution < -0.4 is 4.74 Å². The van der Waals surface area contributed by atoms with Crippen molar-refractivity contribution in [1.82, 2.24) is 4.90 Å². The van der Waals surface area contributed by atoms with Gasteiger partial charge in [0.05, 0.1) is 18.6 Å². The van der Waals surface area contributed by atoms with E-state index in [0.717, 1.165) is 11.1 Å². The lowest BCUT2D eigenvalue weighted by Crippen LogP contribution is -2.33. The first-order valence-corrected chi connectivity index (χ1v) is 6.95. The Bertz CT molecular complexity index is 634. The fraction of sp³-hybridized carbons (Fsp3) is 0.533. The Morgan fingerprint density at radius 1 is 1.36 bits per heavy atom. The predicted octanol–water partition coefficient (Wildman–Crippen LogP) is 3.16. The van der Waals surface area contributed by atoms with Gasteiger partial charge in [0.15, 0.2) is 5.75 Å². The molecular formula is C15H20N2O5. The molecule has 1 aromatic carbocycles. The summed E-state index contributed by atoms with van der Waals surface area (Å²) in [6.07, 6.45) is -0.426. The molecule has 0 aromatic heterocycles. The molecule has 0 fully saturated rings. The SMILES string of the molecule is COc1c([N+](=O)[O-])cc2c(c1C)CN(C(=O)OC(C)(C)C)C2. The smallest absolute Gasteiger partial charge is 0.410 e. The third-order valence-corrected chi connectivity index (χ3v) is 3.49. The Morgan fingerprint density at radius 2 is 2.00 bits per heavy atom. The maximum Gasteiger partial charge on any atom is 0.410 e.